The van der Waals surface area contributed by atoms with Gasteiger partial charge in [-0.1, -0.05) is 45.9 Å². The first-order valence-electron chi connectivity index (χ1n) is 23.8. The Bertz CT molecular complexity index is 2120. The van der Waals surface area contributed by atoms with Gasteiger partial charge in [-0.2, -0.15) is 23.5 Å². The molecule has 9 N–H and O–H groups in total. The number of carbonyl (C=O) groups is 8. The van der Waals surface area contributed by atoms with Crippen molar-refractivity contribution < 1.29 is 48.6 Å². The molecule has 3 aliphatic heterocycles. The van der Waals surface area contributed by atoms with E-state index in [1.54, 1.807) is 12.1 Å². The number of fused-ring (bicyclic) bond motifs is 2. The summed E-state index contributed by atoms with van der Waals surface area (Å²) in [6.45, 7) is 8.93. The van der Waals surface area contributed by atoms with Crippen LogP contribution in [0.1, 0.15) is 90.1 Å². The van der Waals surface area contributed by atoms with Crippen LogP contribution in [0.2, 0.25) is 0 Å². The zero-order valence-corrected chi connectivity index (χ0v) is 41.7. The summed E-state index contributed by atoms with van der Waals surface area (Å²) < 4.78 is 0. The number of amides is 7. The third kappa shape index (κ3) is 16.7. The number of rotatable bonds is 11. The molecule has 1 aromatic heterocycles. The Morgan fingerprint density at radius 2 is 1.29 bits per heavy atom. The molecule has 2 bridgehead atoms. The molecule has 7 amide bonds. The van der Waals surface area contributed by atoms with Crippen LogP contribution in [0.3, 0.4) is 0 Å². The van der Waals surface area contributed by atoms with Gasteiger partial charge in [-0.25, -0.2) is 0 Å². The number of aliphatic hydroxyl groups is 1. The van der Waals surface area contributed by atoms with Crippen LogP contribution in [-0.4, -0.2) is 147 Å². The number of pyridine rings is 1. The minimum atomic E-state index is -1.55. The molecular formula is C48H69N9O10S2. The predicted octanol–water partition coefficient (Wildman–Crippen LogP) is 0.835. The molecule has 4 heterocycles. The Balaban J connectivity index is 1.50. The number of likely N-dealkylation sites (tertiary alicyclic amines) is 1. The van der Waals surface area contributed by atoms with Crippen molar-refractivity contribution in [3.63, 3.8) is 0 Å². The largest absolute Gasteiger partial charge is 0.508 e. The van der Waals surface area contributed by atoms with E-state index < -0.39 is 90.4 Å². The van der Waals surface area contributed by atoms with Crippen LogP contribution in [0.15, 0.2) is 42.5 Å². The molecule has 378 valence electrons. The van der Waals surface area contributed by atoms with Crippen LogP contribution < -0.4 is 37.2 Å². The number of nitrogens with one attached hydrogen (secondary N) is 7. The smallest absolute Gasteiger partial charge is 0.246 e. The number of aromatic hydroxyl groups is 1. The lowest BCUT2D eigenvalue weighted by Crippen LogP contribution is -2.61. The number of aromatic nitrogens is 1. The van der Waals surface area contributed by atoms with E-state index in [2.05, 4.69) is 37.2 Å². The number of phenols is 1. The standard InChI is InChI=1S/C48H69N9O10S2/c1-27(2)19-35-43(62)53-37(21-30-13-15-33(60)16-14-30)45(64)51-36(20-28(3)4)44(63)54-38(22-58)46(65)56-40(48(67)57-18-8-12-41(57)29(5)59)26-69-24-32-10-6-9-31(50-32)23-68-25-39(47(66)52-35)55-42(61)34-11-7-17-49-34/h6,9-10,13-16,27-28,34-41,49,58,60H,7-8,11-12,17-26H2,1-5H3,(H,51,64)(H,52,66)(H,53,62)(H,54,63)(H,55,61)(H,56,65)/t34-,35-,36-,37-,38-,39-,40-,41-/m0/s1. The van der Waals surface area contributed by atoms with E-state index >= 15 is 0 Å². The van der Waals surface area contributed by atoms with Crippen LogP contribution >= 0.6 is 23.5 Å². The second-order valence-corrected chi connectivity index (χ2v) is 20.8. The maximum atomic E-state index is 14.4. The van der Waals surface area contributed by atoms with E-state index in [0.717, 1.165) is 6.42 Å². The summed E-state index contributed by atoms with van der Waals surface area (Å²) in [4.78, 5) is 117. The van der Waals surface area contributed by atoms with Gasteiger partial charge in [0.05, 0.1) is 30.1 Å². The Labute approximate surface area is 412 Å². The number of thioether (sulfide) groups is 2. The molecule has 5 rings (SSSR count). The summed E-state index contributed by atoms with van der Waals surface area (Å²) >= 11 is 2.68. The van der Waals surface area contributed by atoms with E-state index in [-0.39, 0.29) is 60.0 Å². The van der Waals surface area contributed by atoms with Crippen LogP contribution in [0.5, 0.6) is 5.75 Å². The van der Waals surface area contributed by atoms with Crippen LogP contribution in [0.25, 0.3) is 0 Å². The molecule has 1 aromatic carbocycles. The molecular weight excluding hydrogens is 927 g/mol. The van der Waals surface area contributed by atoms with Gasteiger partial charge in [0.15, 0.2) is 5.78 Å². The first-order valence-corrected chi connectivity index (χ1v) is 26.1. The molecule has 2 saturated heterocycles. The molecule has 0 saturated carbocycles. The van der Waals surface area contributed by atoms with Crippen LogP contribution in [0.4, 0.5) is 0 Å². The number of aliphatic hydroxyl groups excluding tert-OH is 1. The lowest BCUT2D eigenvalue weighted by atomic mass is 9.99. The number of Topliss-reactive ketones (excluding diaryl/α,β-unsaturated/α-hetero) is 1. The Kier molecular flexibility index (Phi) is 21.1. The molecule has 0 aliphatic carbocycles. The van der Waals surface area contributed by atoms with Crippen molar-refractivity contribution >= 4 is 70.7 Å². The van der Waals surface area contributed by atoms with Crippen molar-refractivity contribution in [3.05, 3.63) is 59.4 Å². The first-order chi connectivity index (χ1) is 32.9. The summed E-state index contributed by atoms with van der Waals surface area (Å²) in [5, 5.41) is 40.2. The summed E-state index contributed by atoms with van der Waals surface area (Å²) in [5.41, 5.74) is 1.90. The third-order valence-electron chi connectivity index (χ3n) is 12.1. The van der Waals surface area contributed by atoms with Gasteiger partial charge < -0.3 is 52.3 Å². The van der Waals surface area contributed by atoms with E-state index in [4.69, 9.17) is 4.98 Å². The van der Waals surface area contributed by atoms with Gasteiger partial charge in [-0.15, -0.1) is 0 Å². The second kappa shape index (κ2) is 26.7. The zero-order chi connectivity index (χ0) is 50.2. The lowest BCUT2D eigenvalue weighted by Gasteiger charge is -2.30. The number of benzene rings is 1. The molecule has 19 nitrogen and oxygen atoms in total. The van der Waals surface area contributed by atoms with E-state index in [1.807, 2.05) is 45.9 Å². The monoisotopic (exact) mass is 995 g/mol. The lowest BCUT2D eigenvalue weighted by molar-refractivity contribution is -0.140. The Hall–Kier alpha value is -5.25. The van der Waals surface area contributed by atoms with E-state index in [1.165, 1.54) is 47.5 Å². The van der Waals surface area contributed by atoms with Crippen molar-refractivity contribution in [3.8, 4) is 5.75 Å². The quantitative estimate of drug-likeness (QED) is 0.151. The topological polar surface area (TPSA) is 277 Å². The average Bonchev–Trinajstić information content (AvgIpc) is 4.04. The number of nitrogens with zero attached hydrogens (tertiary/aromatic N) is 2. The number of hydrogen-bond donors (Lipinski definition) is 9. The van der Waals surface area contributed by atoms with Gasteiger partial charge >= 0.3 is 0 Å². The molecule has 2 aromatic rings. The maximum Gasteiger partial charge on any atom is 0.246 e. The predicted molar refractivity (Wildman–Crippen MR) is 262 cm³/mol. The van der Waals surface area contributed by atoms with Crippen LogP contribution in [-0.2, 0) is 56.3 Å². The van der Waals surface area contributed by atoms with Crippen molar-refractivity contribution in [2.24, 2.45) is 11.8 Å². The molecule has 2 fully saturated rings. The molecule has 3 aliphatic rings. The average molecular weight is 996 g/mol. The van der Waals surface area contributed by atoms with E-state index in [0.29, 0.717) is 60.8 Å². The normalized spacial score (nSPS) is 26.2. The number of ketones is 1. The first kappa shape index (κ1) is 54.7. The summed E-state index contributed by atoms with van der Waals surface area (Å²) in [6, 6.07) is 2.85. The minimum absolute atomic E-state index is 0.0218. The highest BCUT2D eigenvalue weighted by atomic mass is 32.2. The zero-order valence-electron chi connectivity index (χ0n) is 40.1. The fourth-order valence-corrected chi connectivity index (χ4v) is 10.4. The molecule has 21 heteroatoms. The second-order valence-electron chi connectivity index (χ2n) is 18.8. The summed E-state index contributed by atoms with van der Waals surface area (Å²) in [5.74, 6) is -4.16. The highest BCUT2D eigenvalue weighted by molar-refractivity contribution is 7.98. The SMILES string of the molecule is CC(=O)[C@@H]1CCCN1C(=O)[C@@H]1CSCc2cccc(n2)CSC[C@H](NC(=O)[C@@H]2CCCN2)C(=O)N[C@@H](CC(C)C)C(=O)N[C@@H](Cc2ccc(O)cc2)C(=O)N[C@@H](CC(C)C)C(=O)N[C@@H](CO)C(=O)N1. The van der Waals surface area contributed by atoms with Crippen molar-refractivity contribution in [1.29, 1.82) is 0 Å². The van der Waals surface area contributed by atoms with Gasteiger partial charge in [0.1, 0.15) is 42.0 Å². The van der Waals surface area contributed by atoms with Crippen LogP contribution in [0, 0.1) is 11.8 Å². The fraction of sp³-hybridized carbons (Fsp3) is 0.604. The van der Waals surface area contributed by atoms with Gasteiger partial charge in [0, 0.05) is 36.0 Å². The van der Waals surface area contributed by atoms with Gasteiger partial charge in [-0.3, -0.25) is 43.3 Å². The maximum absolute atomic E-state index is 14.4. The molecule has 8 atom stereocenters. The fourth-order valence-electron chi connectivity index (χ4n) is 8.48. The Morgan fingerprint density at radius 1 is 0.725 bits per heavy atom. The molecule has 0 radical (unpaired) electrons. The van der Waals surface area contributed by atoms with Gasteiger partial charge in [-0.05, 0) is 93.7 Å². The summed E-state index contributed by atoms with van der Waals surface area (Å²) in [7, 11) is 0. The third-order valence-corrected chi connectivity index (χ3v) is 14.2. The molecule has 69 heavy (non-hydrogen) atoms. The Morgan fingerprint density at radius 3 is 1.87 bits per heavy atom. The minimum Gasteiger partial charge on any atom is -0.508 e. The van der Waals surface area contributed by atoms with Crippen molar-refractivity contribution in [1.82, 2.24) is 47.1 Å². The highest BCUT2D eigenvalue weighted by Crippen LogP contribution is 2.22. The van der Waals surface area contributed by atoms with Crippen molar-refractivity contribution in [2.45, 2.75) is 139 Å². The van der Waals surface area contributed by atoms with Crippen molar-refractivity contribution in [2.75, 3.05) is 31.2 Å². The molecule has 0 unspecified atom stereocenters. The number of hydrogen-bond acceptors (Lipinski definition) is 14. The number of carbonyl (C=O) groups excluding carboxylic acids is 8. The van der Waals surface area contributed by atoms with Gasteiger partial charge in [0.2, 0.25) is 41.4 Å². The molecule has 0 spiro atoms. The summed E-state index contributed by atoms with van der Waals surface area (Å²) in [6.07, 6.45) is 2.65. The van der Waals surface area contributed by atoms with E-state index in [9.17, 15) is 48.6 Å². The number of phenolic OH excluding ortho intramolecular Hbond substituents is 1. The highest BCUT2D eigenvalue weighted by Gasteiger charge is 2.38. The van der Waals surface area contributed by atoms with Gasteiger partial charge in [0.25, 0.3) is 0 Å².